The molecule has 2 rings (SSSR count). The van der Waals surface area contributed by atoms with Crippen LogP contribution in [0.1, 0.15) is 86.7 Å². The standard InChI is InChI=1S/C26H35BrN2O2/c1-3-5-7-8-9-10-18-31-25-17-16-24(27)19-23(25)20-28-29-26(30)22-14-12-21(13-15-22)11-6-4-2/h12-17,19-20H,3-11,18H2,1-2H3,(H,29,30)/b28-20+. The summed E-state index contributed by atoms with van der Waals surface area (Å²) < 4.78 is 6.90. The van der Waals surface area contributed by atoms with Gasteiger partial charge >= 0.3 is 0 Å². The largest absolute Gasteiger partial charge is 0.493 e. The van der Waals surface area contributed by atoms with Gasteiger partial charge in [-0.15, -0.1) is 0 Å². The third-order valence-corrected chi connectivity index (χ3v) is 5.63. The highest BCUT2D eigenvalue weighted by atomic mass is 79.9. The number of nitrogens with zero attached hydrogens (tertiary/aromatic N) is 1. The normalized spacial score (nSPS) is 11.1. The van der Waals surface area contributed by atoms with Crippen LogP contribution in [0.3, 0.4) is 0 Å². The Morgan fingerprint density at radius 3 is 2.42 bits per heavy atom. The molecule has 1 amide bonds. The molecule has 31 heavy (non-hydrogen) atoms. The van der Waals surface area contributed by atoms with E-state index in [1.807, 2.05) is 42.5 Å². The van der Waals surface area contributed by atoms with E-state index in [9.17, 15) is 4.79 Å². The van der Waals surface area contributed by atoms with Crippen molar-refractivity contribution in [2.75, 3.05) is 6.61 Å². The maximum Gasteiger partial charge on any atom is 0.271 e. The Bertz CT molecular complexity index is 819. The minimum absolute atomic E-state index is 0.220. The number of unbranched alkanes of at least 4 members (excludes halogenated alkanes) is 6. The molecule has 0 bridgehead atoms. The van der Waals surface area contributed by atoms with Crippen LogP contribution in [0.2, 0.25) is 0 Å². The fraction of sp³-hybridized carbons (Fsp3) is 0.462. The summed E-state index contributed by atoms with van der Waals surface area (Å²) in [5.74, 6) is 0.554. The Morgan fingerprint density at radius 1 is 0.968 bits per heavy atom. The van der Waals surface area contributed by atoms with Crippen molar-refractivity contribution in [3.8, 4) is 5.75 Å². The third-order valence-electron chi connectivity index (χ3n) is 5.13. The molecule has 168 valence electrons. The highest BCUT2D eigenvalue weighted by Crippen LogP contribution is 2.22. The Hall–Kier alpha value is -2.14. The van der Waals surface area contributed by atoms with Gasteiger partial charge < -0.3 is 4.74 Å². The average Bonchev–Trinajstić information content (AvgIpc) is 2.78. The number of hydrogen-bond acceptors (Lipinski definition) is 3. The van der Waals surface area contributed by atoms with E-state index in [0.29, 0.717) is 12.2 Å². The lowest BCUT2D eigenvalue weighted by molar-refractivity contribution is 0.0955. The van der Waals surface area contributed by atoms with Gasteiger partial charge in [0.05, 0.1) is 12.8 Å². The van der Waals surface area contributed by atoms with E-state index in [1.54, 1.807) is 6.21 Å². The summed E-state index contributed by atoms with van der Waals surface area (Å²) in [6.07, 6.45) is 12.4. The maximum atomic E-state index is 12.4. The molecule has 0 radical (unpaired) electrons. The van der Waals surface area contributed by atoms with Crippen LogP contribution in [0, 0.1) is 0 Å². The molecule has 0 saturated carbocycles. The molecule has 0 aromatic heterocycles. The van der Waals surface area contributed by atoms with Gasteiger partial charge in [-0.2, -0.15) is 5.10 Å². The van der Waals surface area contributed by atoms with Gasteiger partial charge in [0.2, 0.25) is 0 Å². The van der Waals surface area contributed by atoms with Crippen LogP contribution in [-0.2, 0) is 6.42 Å². The average molecular weight is 487 g/mol. The van der Waals surface area contributed by atoms with E-state index in [4.69, 9.17) is 4.74 Å². The van der Waals surface area contributed by atoms with Crippen molar-refractivity contribution in [1.82, 2.24) is 5.43 Å². The number of nitrogens with one attached hydrogen (secondary N) is 1. The highest BCUT2D eigenvalue weighted by molar-refractivity contribution is 9.10. The number of rotatable bonds is 14. The van der Waals surface area contributed by atoms with Crippen LogP contribution >= 0.6 is 15.9 Å². The molecule has 0 heterocycles. The minimum Gasteiger partial charge on any atom is -0.493 e. The van der Waals surface area contributed by atoms with E-state index < -0.39 is 0 Å². The molecule has 0 unspecified atom stereocenters. The molecule has 2 aromatic carbocycles. The van der Waals surface area contributed by atoms with E-state index in [-0.39, 0.29) is 5.91 Å². The van der Waals surface area contributed by atoms with Crippen molar-refractivity contribution in [3.05, 3.63) is 63.6 Å². The second-order valence-electron chi connectivity index (χ2n) is 7.80. The number of hydrogen-bond donors (Lipinski definition) is 1. The van der Waals surface area contributed by atoms with Gasteiger partial charge in [-0.05, 0) is 55.2 Å². The number of benzene rings is 2. The summed E-state index contributed by atoms with van der Waals surface area (Å²) in [6, 6.07) is 13.5. The quantitative estimate of drug-likeness (QED) is 0.173. The fourth-order valence-electron chi connectivity index (χ4n) is 3.24. The fourth-order valence-corrected chi connectivity index (χ4v) is 3.62. The third kappa shape index (κ3) is 9.69. The first-order valence-corrected chi connectivity index (χ1v) is 12.3. The summed E-state index contributed by atoms with van der Waals surface area (Å²) >= 11 is 3.49. The molecule has 0 atom stereocenters. The smallest absolute Gasteiger partial charge is 0.271 e. The monoisotopic (exact) mass is 486 g/mol. The minimum atomic E-state index is -0.220. The van der Waals surface area contributed by atoms with Gasteiger partial charge in [0.25, 0.3) is 5.91 Å². The van der Waals surface area contributed by atoms with Crippen molar-refractivity contribution in [2.24, 2.45) is 5.10 Å². The Balaban J connectivity index is 1.86. The summed E-state index contributed by atoms with van der Waals surface area (Å²) in [6.45, 7) is 5.09. The zero-order valence-electron chi connectivity index (χ0n) is 18.8. The molecule has 0 saturated heterocycles. The number of hydrazone groups is 1. The number of ether oxygens (including phenoxy) is 1. The van der Waals surface area contributed by atoms with Gasteiger partial charge in [-0.1, -0.05) is 80.4 Å². The summed E-state index contributed by atoms with van der Waals surface area (Å²) in [5, 5.41) is 4.14. The Labute approximate surface area is 195 Å². The van der Waals surface area contributed by atoms with Gasteiger partial charge in [0.15, 0.2) is 0 Å². The summed E-state index contributed by atoms with van der Waals surface area (Å²) in [7, 11) is 0. The Morgan fingerprint density at radius 2 is 1.68 bits per heavy atom. The number of carbonyl (C=O) groups is 1. The van der Waals surface area contributed by atoms with Crippen molar-refractivity contribution in [3.63, 3.8) is 0 Å². The molecule has 2 aromatic rings. The second-order valence-corrected chi connectivity index (χ2v) is 8.71. The lowest BCUT2D eigenvalue weighted by atomic mass is 10.1. The highest BCUT2D eigenvalue weighted by Gasteiger charge is 2.06. The molecule has 0 spiro atoms. The first-order chi connectivity index (χ1) is 15.1. The molecule has 1 N–H and O–H groups in total. The first kappa shape index (κ1) is 25.1. The first-order valence-electron chi connectivity index (χ1n) is 11.5. The molecule has 5 heteroatoms. The van der Waals surface area contributed by atoms with Crippen molar-refractivity contribution in [1.29, 1.82) is 0 Å². The van der Waals surface area contributed by atoms with Crippen LogP contribution in [0.5, 0.6) is 5.75 Å². The Kier molecular flexibility index (Phi) is 12.0. The van der Waals surface area contributed by atoms with E-state index in [1.165, 1.54) is 37.7 Å². The lowest BCUT2D eigenvalue weighted by Crippen LogP contribution is -2.17. The van der Waals surface area contributed by atoms with Crippen LogP contribution < -0.4 is 10.2 Å². The zero-order valence-corrected chi connectivity index (χ0v) is 20.4. The van der Waals surface area contributed by atoms with Gasteiger partial charge in [-0.25, -0.2) is 5.43 Å². The topological polar surface area (TPSA) is 50.7 Å². The molecule has 4 nitrogen and oxygen atoms in total. The number of carbonyl (C=O) groups excluding carboxylic acids is 1. The van der Waals surface area contributed by atoms with E-state index >= 15 is 0 Å². The van der Waals surface area contributed by atoms with Crippen LogP contribution in [0.4, 0.5) is 0 Å². The maximum absolute atomic E-state index is 12.4. The summed E-state index contributed by atoms with van der Waals surface area (Å²) in [5.41, 5.74) is 5.30. The lowest BCUT2D eigenvalue weighted by Gasteiger charge is -2.09. The van der Waals surface area contributed by atoms with Crippen molar-refractivity contribution >= 4 is 28.1 Å². The van der Waals surface area contributed by atoms with Crippen molar-refractivity contribution < 1.29 is 9.53 Å². The van der Waals surface area contributed by atoms with Gasteiger partial charge in [0, 0.05) is 15.6 Å². The predicted molar refractivity (Wildman–Crippen MR) is 133 cm³/mol. The molecule has 0 fully saturated rings. The number of halogens is 1. The second kappa shape index (κ2) is 14.8. The zero-order chi connectivity index (χ0) is 22.3. The summed E-state index contributed by atoms with van der Waals surface area (Å²) in [4.78, 5) is 12.4. The molecular weight excluding hydrogens is 452 g/mol. The number of aryl methyl sites for hydroxylation is 1. The van der Waals surface area contributed by atoms with Gasteiger partial charge in [0.1, 0.15) is 5.75 Å². The molecule has 0 aliphatic heterocycles. The van der Waals surface area contributed by atoms with Gasteiger partial charge in [-0.3, -0.25) is 4.79 Å². The number of amides is 1. The molecule has 0 aliphatic carbocycles. The molecule has 0 aliphatic rings. The van der Waals surface area contributed by atoms with Crippen molar-refractivity contribution in [2.45, 2.75) is 71.6 Å². The van der Waals surface area contributed by atoms with Crippen LogP contribution in [0.25, 0.3) is 0 Å². The van der Waals surface area contributed by atoms with E-state index in [2.05, 4.69) is 40.3 Å². The van der Waals surface area contributed by atoms with Crippen LogP contribution in [0.15, 0.2) is 52.0 Å². The van der Waals surface area contributed by atoms with E-state index in [0.717, 1.165) is 41.5 Å². The SMILES string of the molecule is CCCCCCCCOc1ccc(Br)cc1/C=N/NC(=O)c1ccc(CCCC)cc1. The molecular formula is C26H35BrN2O2. The predicted octanol–water partition coefficient (Wildman–Crippen LogP) is 7.29. The van der Waals surface area contributed by atoms with Crippen LogP contribution in [-0.4, -0.2) is 18.7 Å².